The van der Waals surface area contributed by atoms with E-state index in [1.807, 2.05) is 31.2 Å². The van der Waals surface area contributed by atoms with Crippen LogP contribution in [0.25, 0.3) is 21.7 Å². The molecule has 2 aromatic carbocycles. The van der Waals surface area contributed by atoms with Crippen molar-refractivity contribution in [3.63, 3.8) is 0 Å². The Balaban J connectivity index is 2.11. The summed E-state index contributed by atoms with van der Waals surface area (Å²) in [5.41, 5.74) is 3.05. The lowest BCUT2D eigenvalue weighted by Crippen LogP contribution is -3.07. The van der Waals surface area contributed by atoms with Gasteiger partial charge >= 0.3 is 0 Å². The van der Waals surface area contributed by atoms with Gasteiger partial charge in [-0.3, -0.25) is 4.79 Å². The van der Waals surface area contributed by atoms with E-state index in [1.165, 1.54) is 17.7 Å². The van der Waals surface area contributed by atoms with Gasteiger partial charge in [-0.2, -0.15) is 0 Å². The SMILES string of the molecule is CCCC[NH+](C)Cc1c(C)[nH]c2c(ccc3ccccc32)c1=O. The van der Waals surface area contributed by atoms with E-state index >= 15 is 0 Å². The van der Waals surface area contributed by atoms with E-state index in [2.05, 4.69) is 31.1 Å². The Kier molecular flexibility index (Phi) is 4.49. The summed E-state index contributed by atoms with van der Waals surface area (Å²) >= 11 is 0. The fourth-order valence-corrected chi connectivity index (χ4v) is 3.27. The fourth-order valence-electron chi connectivity index (χ4n) is 3.27. The molecule has 23 heavy (non-hydrogen) atoms. The molecule has 2 N–H and O–H groups in total. The highest BCUT2D eigenvalue weighted by Crippen LogP contribution is 2.22. The highest BCUT2D eigenvalue weighted by atomic mass is 16.1. The van der Waals surface area contributed by atoms with Gasteiger partial charge in [0.05, 0.1) is 24.7 Å². The van der Waals surface area contributed by atoms with Crippen LogP contribution in [0.15, 0.2) is 41.2 Å². The van der Waals surface area contributed by atoms with Gasteiger partial charge in [0, 0.05) is 16.5 Å². The summed E-state index contributed by atoms with van der Waals surface area (Å²) in [6, 6.07) is 12.2. The van der Waals surface area contributed by atoms with Crippen molar-refractivity contribution >= 4 is 21.7 Å². The van der Waals surface area contributed by atoms with E-state index in [-0.39, 0.29) is 5.43 Å². The smallest absolute Gasteiger partial charge is 0.198 e. The second-order valence-corrected chi connectivity index (χ2v) is 6.50. The van der Waals surface area contributed by atoms with Gasteiger partial charge < -0.3 is 9.88 Å². The minimum Gasteiger partial charge on any atom is -0.357 e. The van der Waals surface area contributed by atoms with Crippen LogP contribution < -0.4 is 10.3 Å². The van der Waals surface area contributed by atoms with Gasteiger partial charge in [-0.1, -0.05) is 43.7 Å². The Morgan fingerprint density at radius 1 is 1.09 bits per heavy atom. The molecule has 0 saturated carbocycles. The highest BCUT2D eigenvalue weighted by Gasteiger charge is 2.14. The van der Waals surface area contributed by atoms with Gasteiger partial charge in [-0.25, -0.2) is 0 Å². The normalized spacial score (nSPS) is 12.8. The van der Waals surface area contributed by atoms with Crippen molar-refractivity contribution in [2.24, 2.45) is 0 Å². The lowest BCUT2D eigenvalue weighted by molar-refractivity contribution is -0.894. The number of H-pyrrole nitrogens is 1. The Labute approximate surface area is 136 Å². The molecule has 0 saturated heterocycles. The average Bonchev–Trinajstić information content (AvgIpc) is 2.56. The number of nitrogens with one attached hydrogen (secondary N) is 2. The van der Waals surface area contributed by atoms with E-state index in [0.29, 0.717) is 0 Å². The first-order valence-corrected chi connectivity index (χ1v) is 8.46. The molecule has 1 aromatic heterocycles. The Morgan fingerprint density at radius 3 is 2.65 bits per heavy atom. The monoisotopic (exact) mass is 309 g/mol. The first-order valence-electron chi connectivity index (χ1n) is 8.46. The molecule has 0 aliphatic rings. The first-order chi connectivity index (χ1) is 11.1. The van der Waals surface area contributed by atoms with Gasteiger partial charge in [-0.05, 0) is 24.8 Å². The number of unbranched alkanes of at least 4 members (excludes halogenated alkanes) is 1. The molecule has 1 unspecified atom stereocenters. The molecule has 0 radical (unpaired) electrons. The van der Waals surface area contributed by atoms with Crippen LogP contribution >= 0.6 is 0 Å². The molecule has 0 bridgehead atoms. The van der Waals surface area contributed by atoms with Crippen LogP contribution in [0.2, 0.25) is 0 Å². The number of quaternary nitrogens is 1. The van der Waals surface area contributed by atoms with Crippen molar-refractivity contribution in [1.29, 1.82) is 0 Å². The van der Waals surface area contributed by atoms with Crippen molar-refractivity contribution in [1.82, 2.24) is 4.98 Å². The molecule has 0 aliphatic carbocycles. The van der Waals surface area contributed by atoms with Gasteiger partial charge in [-0.15, -0.1) is 0 Å². The second kappa shape index (κ2) is 6.55. The summed E-state index contributed by atoms with van der Waals surface area (Å²) in [6.07, 6.45) is 2.39. The molecule has 0 spiro atoms. The van der Waals surface area contributed by atoms with E-state index in [0.717, 1.165) is 46.0 Å². The minimum absolute atomic E-state index is 0.179. The molecular formula is C20H25N2O+. The summed E-state index contributed by atoms with van der Waals surface area (Å²) in [5.74, 6) is 0. The number of hydrogen-bond acceptors (Lipinski definition) is 1. The number of aromatic nitrogens is 1. The Bertz CT molecular complexity index is 895. The third-order valence-electron chi connectivity index (χ3n) is 4.65. The summed E-state index contributed by atoms with van der Waals surface area (Å²) in [5, 5.41) is 3.07. The van der Waals surface area contributed by atoms with Crippen molar-refractivity contribution in [3.05, 3.63) is 57.9 Å². The molecule has 0 amide bonds. The highest BCUT2D eigenvalue weighted by molar-refractivity contribution is 6.05. The lowest BCUT2D eigenvalue weighted by Gasteiger charge is -2.15. The van der Waals surface area contributed by atoms with E-state index in [1.54, 1.807) is 0 Å². The molecule has 0 fully saturated rings. The molecule has 3 nitrogen and oxygen atoms in total. The maximum Gasteiger partial charge on any atom is 0.198 e. The molecule has 0 aliphatic heterocycles. The van der Waals surface area contributed by atoms with Crippen LogP contribution in [0.1, 0.15) is 31.0 Å². The molecule has 1 atom stereocenters. The largest absolute Gasteiger partial charge is 0.357 e. The topological polar surface area (TPSA) is 37.3 Å². The predicted octanol–water partition coefficient (Wildman–Crippen LogP) is 2.80. The zero-order chi connectivity index (χ0) is 16.4. The van der Waals surface area contributed by atoms with Gasteiger partial charge in [0.1, 0.15) is 6.54 Å². The van der Waals surface area contributed by atoms with Gasteiger partial charge in [0.2, 0.25) is 0 Å². The summed E-state index contributed by atoms with van der Waals surface area (Å²) in [6.45, 7) is 6.10. The molecule has 3 rings (SSSR count). The number of fused-ring (bicyclic) bond motifs is 3. The molecule has 120 valence electrons. The maximum absolute atomic E-state index is 13.0. The van der Waals surface area contributed by atoms with Crippen LogP contribution in [-0.2, 0) is 6.54 Å². The minimum atomic E-state index is 0.179. The zero-order valence-electron chi connectivity index (χ0n) is 14.2. The van der Waals surface area contributed by atoms with Crippen molar-refractivity contribution < 1.29 is 4.90 Å². The summed E-state index contributed by atoms with van der Waals surface area (Å²) in [7, 11) is 2.17. The fraction of sp³-hybridized carbons (Fsp3) is 0.350. The number of hydrogen-bond donors (Lipinski definition) is 2. The number of aryl methyl sites for hydroxylation is 1. The number of aromatic amines is 1. The van der Waals surface area contributed by atoms with Gasteiger partial charge in [0.15, 0.2) is 5.43 Å². The lowest BCUT2D eigenvalue weighted by atomic mass is 10.0. The van der Waals surface area contributed by atoms with Crippen LogP contribution in [0.3, 0.4) is 0 Å². The third kappa shape index (κ3) is 3.02. The first kappa shape index (κ1) is 15.8. The molecule has 3 heteroatoms. The molecule has 1 heterocycles. The quantitative estimate of drug-likeness (QED) is 0.699. The predicted molar refractivity (Wildman–Crippen MR) is 97.2 cm³/mol. The van der Waals surface area contributed by atoms with E-state index < -0.39 is 0 Å². The van der Waals surface area contributed by atoms with Crippen LogP contribution in [-0.4, -0.2) is 18.6 Å². The number of pyridine rings is 1. The Hall–Kier alpha value is -2.13. The third-order valence-corrected chi connectivity index (χ3v) is 4.65. The molecular weight excluding hydrogens is 284 g/mol. The average molecular weight is 309 g/mol. The van der Waals surface area contributed by atoms with Crippen LogP contribution in [0, 0.1) is 6.92 Å². The number of rotatable bonds is 5. The molecule has 3 aromatic rings. The Morgan fingerprint density at radius 2 is 1.87 bits per heavy atom. The summed E-state index contributed by atoms with van der Waals surface area (Å²) in [4.78, 5) is 17.8. The van der Waals surface area contributed by atoms with E-state index in [4.69, 9.17) is 0 Å². The van der Waals surface area contributed by atoms with Crippen molar-refractivity contribution in [2.45, 2.75) is 33.2 Å². The van der Waals surface area contributed by atoms with Crippen LogP contribution in [0.4, 0.5) is 0 Å². The van der Waals surface area contributed by atoms with Crippen LogP contribution in [0.5, 0.6) is 0 Å². The van der Waals surface area contributed by atoms with Gasteiger partial charge in [0.25, 0.3) is 0 Å². The van der Waals surface area contributed by atoms with E-state index in [9.17, 15) is 4.79 Å². The standard InChI is InChI=1S/C20H24N2O/c1-4-5-12-22(3)13-18-14(2)21-19-16-9-7-6-8-15(16)10-11-17(19)20(18)23/h6-11H,4-5,12-13H2,1-3H3,(H,21,23)/p+1. The number of benzene rings is 2. The summed E-state index contributed by atoms with van der Waals surface area (Å²) < 4.78 is 0. The maximum atomic E-state index is 13.0. The zero-order valence-corrected chi connectivity index (χ0v) is 14.2. The second-order valence-electron chi connectivity index (χ2n) is 6.50. The van der Waals surface area contributed by atoms with Crippen molar-refractivity contribution in [2.75, 3.05) is 13.6 Å². The van der Waals surface area contributed by atoms with Crippen molar-refractivity contribution in [3.8, 4) is 0 Å².